The monoisotopic (exact) mass is 448 g/mol. The molecule has 1 aromatic rings. The lowest BCUT2D eigenvalue weighted by atomic mass is 9.77. The number of nitrogens with zero attached hydrogens (tertiary/aromatic N) is 1. The van der Waals surface area contributed by atoms with Crippen LogP contribution in [-0.4, -0.2) is 63.2 Å². The van der Waals surface area contributed by atoms with Gasteiger partial charge in [-0.25, -0.2) is 4.79 Å². The lowest BCUT2D eigenvalue weighted by molar-refractivity contribution is -0.146. The van der Waals surface area contributed by atoms with Crippen molar-refractivity contribution in [1.82, 2.24) is 4.90 Å². The van der Waals surface area contributed by atoms with Crippen molar-refractivity contribution in [3.05, 3.63) is 48.0 Å². The highest BCUT2D eigenvalue weighted by Crippen LogP contribution is 2.52. The number of amides is 2. The second-order valence-electron chi connectivity index (χ2n) is 7.44. The van der Waals surface area contributed by atoms with Crippen molar-refractivity contribution >= 4 is 34.8 Å². The Hall–Kier alpha value is -2.69. The minimum absolute atomic E-state index is 0. The molecular weight excluding hydrogens is 424 g/mol. The second-order valence-corrected chi connectivity index (χ2v) is 8.40. The Kier molecular flexibility index (Phi) is 6.54. The fourth-order valence-corrected chi connectivity index (χ4v) is 4.69. The van der Waals surface area contributed by atoms with E-state index in [9.17, 15) is 19.2 Å². The van der Waals surface area contributed by atoms with Crippen LogP contribution >= 0.6 is 11.8 Å². The molecule has 4 rings (SSSR count). The van der Waals surface area contributed by atoms with E-state index < -0.39 is 40.9 Å². The average Bonchev–Trinajstić information content (AvgIpc) is 3.37. The fraction of sp³-hybridized carbons (Fsp3) is 0.429. The molecule has 9 nitrogen and oxygen atoms in total. The largest absolute Gasteiger partial charge is 0.480 e. The fourth-order valence-electron chi connectivity index (χ4n) is 4.09. The highest BCUT2D eigenvalue weighted by molar-refractivity contribution is 8.13. The van der Waals surface area contributed by atoms with Crippen molar-refractivity contribution in [2.24, 2.45) is 17.6 Å². The van der Waals surface area contributed by atoms with Gasteiger partial charge in [-0.3, -0.25) is 19.3 Å². The summed E-state index contributed by atoms with van der Waals surface area (Å²) in [4.78, 5) is 50.0. The molecule has 3 aliphatic heterocycles. The molecule has 5 atom stereocenters. The SMILES string of the molecule is C.NC(CSC(=O)OCC12C=CC(O1)C1C(=O)N(Cc3ccccc3)C(=O)C12)C(=O)O. The zero-order valence-corrected chi connectivity index (χ0v) is 16.6. The van der Waals surface area contributed by atoms with Gasteiger partial charge in [0.05, 0.1) is 24.5 Å². The molecule has 3 N–H and O–H groups in total. The van der Waals surface area contributed by atoms with E-state index in [0.29, 0.717) is 11.8 Å². The summed E-state index contributed by atoms with van der Waals surface area (Å²) >= 11 is 0.639. The molecule has 0 aromatic heterocycles. The maximum absolute atomic E-state index is 13.1. The average molecular weight is 448 g/mol. The highest BCUT2D eigenvalue weighted by atomic mass is 32.2. The van der Waals surface area contributed by atoms with Crippen LogP contribution in [-0.2, 0) is 30.4 Å². The minimum atomic E-state index is -1.22. The van der Waals surface area contributed by atoms with Crippen molar-refractivity contribution in [2.45, 2.75) is 31.7 Å². The molecule has 2 bridgehead atoms. The summed E-state index contributed by atoms with van der Waals surface area (Å²) in [6.07, 6.45) is 2.86. The van der Waals surface area contributed by atoms with Crippen LogP contribution in [0.1, 0.15) is 13.0 Å². The van der Waals surface area contributed by atoms with E-state index in [2.05, 4.69) is 0 Å². The van der Waals surface area contributed by atoms with Crippen molar-refractivity contribution in [2.75, 3.05) is 12.4 Å². The molecule has 0 spiro atoms. The Labute approximate surface area is 183 Å². The number of carboxylic acids is 1. The third kappa shape index (κ3) is 4.10. The maximum Gasteiger partial charge on any atom is 0.367 e. The molecule has 2 fully saturated rings. The van der Waals surface area contributed by atoms with Gasteiger partial charge in [0, 0.05) is 5.75 Å². The van der Waals surface area contributed by atoms with E-state index >= 15 is 0 Å². The van der Waals surface area contributed by atoms with Gasteiger partial charge in [-0.15, -0.1) is 0 Å². The zero-order valence-electron chi connectivity index (χ0n) is 15.8. The van der Waals surface area contributed by atoms with Crippen LogP contribution in [0.3, 0.4) is 0 Å². The molecule has 5 unspecified atom stereocenters. The molecule has 1 aromatic carbocycles. The number of ether oxygens (including phenoxy) is 2. The number of thioether (sulfide) groups is 1. The quantitative estimate of drug-likeness (QED) is 0.360. The second kappa shape index (κ2) is 8.81. The van der Waals surface area contributed by atoms with Crippen LogP contribution in [0, 0.1) is 11.8 Å². The number of hydrogen-bond donors (Lipinski definition) is 2. The third-order valence-corrected chi connectivity index (χ3v) is 6.42. The van der Waals surface area contributed by atoms with Crippen molar-refractivity contribution in [3.63, 3.8) is 0 Å². The third-order valence-electron chi connectivity index (χ3n) is 5.54. The molecule has 10 heteroatoms. The number of likely N-dealkylation sites (tertiary alicyclic amines) is 1. The number of rotatable bonds is 7. The van der Waals surface area contributed by atoms with Crippen LogP contribution in [0.2, 0.25) is 0 Å². The number of carboxylic acid groups (broad SMARTS) is 1. The Balaban J connectivity index is 0.00000272. The van der Waals surface area contributed by atoms with Crippen LogP contribution in [0.4, 0.5) is 4.79 Å². The van der Waals surface area contributed by atoms with E-state index in [1.54, 1.807) is 12.2 Å². The molecule has 31 heavy (non-hydrogen) atoms. The standard InChI is InChI=1S/C20H20N2O7S.CH4/c21-12(18(25)26)9-30-19(27)28-10-20-7-6-13(29-20)14-15(20)17(24)22(16(14)23)8-11-4-2-1-3-5-11;/h1-7,12-15H,8-10,21H2,(H,25,26);1H4. The number of nitrogens with two attached hydrogens (primary N) is 1. The molecule has 0 radical (unpaired) electrons. The van der Waals surface area contributed by atoms with Crippen molar-refractivity contribution in [3.8, 4) is 0 Å². The highest BCUT2D eigenvalue weighted by Gasteiger charge is 2.68. The number of hydrogen-bond acceptors (Lipinski definition) is 8. The van der Waals surface area contributed by atoms with Gasteiger partial charge in [0.1, 0.15) is 18.2 Å². The Morgan fingerprint density at radius 2 is 1.97 bits per heavy atom. The van der Waals surface area contributed by atoms with E-state index in [1.807, 2.05) is 30.3 Å². The van der Waals surface area contributed by atoms with Crippen LogP contribution in [0.25, 0.3) is 0 Å². The van der Waals surface area contributed by atoms with Gasteiger partial charge in [0.25, 0.3) is 0 Å². The number of carbonyl (C=O) groups excluding carboxylic acids is 3. The van der Waals surface area contributed by atoms with Crippen molar-refractivity contribution < 1.29 is 33.8 Å². The topological polar surface area (TPSA) is 136 Å². The first-order valence-electron chi connectivity index (χ1n) is 9.37. The first-order valence-corrected chi connectivity index (χ1v) is 10.4. The zero-order chi connectivity index (χ0) is 21.5. The van der Waals surface area contributed by atoms with Crippen LogP contribution < -0.4 is 5.73 Å². The molecule has 0 saturated carbocycles. The van der Waals surface area contributed by atoms with Crippen LogP contribution in [0.15, 0.2) is 42.5 Å². The lowest BCUT2D eigenvalue weighted by Gasteiger charge is -2.28. The van der Waals surface area contributed by atoms with E-state index in [1.165, 1.54) is 4.90 Å². The summed E-state index contributed by atoms with van der Waals surface area (Å²) in [5.74, 6) is -3.41. The van der Waals surface area contributed by atoms with Crippen molar-refractivity contribution in [1.29, 1.82) is 0 Å². The first kappa shape index (κ1) is 23.0. The van der Waals surface area contributed by atoms with Gasteiger partial charge in [-0.05, 0) is 23.4 Å². The maximum atomic E-state index is 13.1. The van der Waals surface area contributed by atoms with E-state index in [4.69, 9.17) is 20.3 Å². The van der Waals surface area contributed by atoms with Gasteiger partial charge in [-0.2, -0.15) is 0 Å². The number of fused-ring (bicyclic) bond motifs is 5. The molecule has 3 heterocycles. The van der Waals surface area contributed by atoms with E-state index in [-0.39, 0.29) is 38.1 Å². The van der Waals surface area contributed by atoms with Crippen LogP contribution in [0.5, 0.6) is 0 Å². The Morgan fingerprint density at radius 3 is 2.65 bits per heavy atom. The molecule has 3 aliphatic rings. The predicted molar refractivity (Wildman–Crippen MR) is 112 cm³/mol. The number of carbonyl (C=O) groups is 4. The molecular formula is C21H24N2O7S. The van der Waals surface area contributed by atoms with E-state index in [0.717, 1.165) is 5.56 Å². The minimum Gasteiger partial charge on any atom is -0.480 e. The number of benzene rings is 1. The van der Waals surface area contributed by atoms with Gasteiger partial charge in [0.2, 0.25) is 11.8 Å². The van der Waals surface area contributed by atoms with Gasteiger partial charge >= 0.3 is 11.3 Å². The molecule has 166 valence electrons. The molecule has 0 aliphatic carbocycles. The first-order chi connectivity index (χ1) is 14.3. The summed E-state index contributed by atoms with van der Waals surface area (Å²) in [5, 5.41) is 8.06. The summed E-state index contributed by atoms with van der Waals surface area (Å²) in [5.41, 5.74) is 5.02. The Bertz CT molecular complexity index is 922. The Morgan fingerprint density at radius 1 is 1.26 bits per heavy atom. The predicted octanol–water partition coefficient (Wildman–Crippen LogP) is 1.41. The van der Waals surface area contributed by atoms with Gasteiger partial charge in [-0.1, -0.05) is 43.8 Å². The normalized spacial score (nSPS) is 28.9. The molecule has 2 amide bonds. The summed E-state index contributed by atoms with van der Waals surface area (Å²) < 4.78 is 11.1. The summed E-state index contributed by atoms with van der Waals surface area (Å²) in [7, 11) is 0. The summed E-state index contributed by atoms with van der Waals surface area (Å²) in [6.45, 7) is -0.0650. The number of imide groups is 1. The smallest absolute Gasteiger partial charge is 0.367 e. The van der Waals surface area contributed by atoms with Gasteiger partial charge < -0.3 is 20.3 Å². The lowest BCUT2D eigenvalue weighted by Crippen LogP contribution is -2.44. The molecule has 2 saturated heterocycles. The van der Waals surface area contributed by atoms with Gasteiger partial charge in [0.15, 0.2) is 0 Å². The summed E-state index contributed by atoms with van der Waals surface area (Å²) in [6, 6.07) is 8.02. The number of aliphatic carboxylic acids is 1.